The molecule has 0 fully saturated rings. The van der Waals surface area contributed by atoms with Gasteiger partial charge in [-0.2, -0.15) is 0 Å². The third kappa shape index (κ3) is 2.23. The van der Waals surface area contributed by atoms with Crippen molar-refractivity contribution in [1.29, 1.82) is 0 Å². The molecule has 0 rings (SSSR count). The van der Waals surface area contributed by atoms with E-state index in [1.165, 1.54) is 6.42 Å². The van der Waals surface area contributed by atoms with E-state index in [1.807, 2.05) is 0 Å². The highest BCUT2D eigenvalue weighted by Crippen LogP contribution is 2.35. The van der Waals surface area contributed by atoms with Crippen molar-refractivity contribution in [2.24, 2.45) is 11.3 Å². The van der Waals surface area contributed by atoms with Crippen LogP contribution in [-0.2, 0) is 0 Å². The molecule has 0 radical (unpaired) electrons. The highest BCUT2D eigenvalue weighted by atomic mass is 79.9. The third-order valence-corrected chi connectivity index (χ3v) is 4.69. The van der Waals surface area contributed by atoms with E-state index in [2.05, 4.69) is 52.6 Å². The van der Waals surface area contributed by atoms with Crippen LogP contribution in [0.2, 0.25) is 0 Å². The van der Waals surface area contributed by atoms with Crippen molar-refractivity contribution in [3.05, 3.63) is 0 Å². The fraction of sp³-hybridized carbons (Fsp3) is 1.00. The second-order valence-electron chi connectivity index (χ2n) is 3.14. The molecule has 0 N–H and O–H groups in total. The van der Waals surface area contributed by atoms with Crippen molar-refractivity contribution in [2.45, 2.75) is 27.2 Å². The van der Waals surface area contributed by atoms with Gasteiger partial charge in [0, 0.05) is 10.7 Å². The van der Waals surface area contributed by atoms with Gasteiger partial charge in [0.2, 0.25) is 0 Å². The van der Waals surface area contributed by atoms with Crippen LogP contribution in [0.25, 0.3) is 0 Å². The first kappa shape index (κ1) is 11.0. The number of hydrogen-bond donors (Lipinski definition) is 0. The van der Waals surface area contributed by atoms with Crippen LogP contribution in [0.1, 0.15) is 27.2 Å². The van der Waals surface area contributed by atoms with Gasteiger partial charge >= 0.3 is 0 Å². The molecule has 2 heteroatoms. The number of halogens is 2. The summed E-state index contributed by atoms with van der Waals surface area (Å²) in [6.45, 7) is 6.82. The molecule has 0 aliphatic rings. The van der Waals surface area contributed by atoms with Gasteiger partial charge in [-0.25, -0.2) is 0 Å². The maximum Gasteiger partial charge on any atom is 0.00983 e. The van der Waals surface area contributed by atoms with Gasteiger partial charge in [-0.1, -0.05) is 52.6 Å². The molecule has 0 nitrogen and oxygen atoms in total. The van der Waals surface area contributed by atoms with Gasteiger partial charge in [-0.05, 0) is 17.8 Å². The fourth-order valence-corrected chi connectivity index (χ4v) is 3.96. The Balaban J connectivity index is 4.15. The van der Waals surface area contributed by atoms with Crippen LogP contribution >= 0.6 is 31.9 Å². The fourth-order valence-electron chi connectivity index (χ4n) is 0.942. The molecule has 0 aromatic carbocycles. The Morgan fingerprint density at radius 3 is 1.60 bits per heavy atom. The summed E-state index contributed by atoms with van der Waals surface area (Å²) in [5.74, 6) is 0.747. The highest BCUT2D eigenvalue weighted by molar-refractivity contribution is 9.09. The van der Waals surface area contributed by atoms with Crippen molar-refractivity contribution in [1.82, 2.24) is 0 Å². The van der Waals surface area contributed by atoms with E-state index < -0.39 is 0 Å². The van der Waals surface area contributed by atoms with E-state index in [9.17, 15) is 0 Å². The Morgan fingerprint density at radius 1 is 1.20 bits per heavy atom. The minimum absolute atomic E-state index is 0.458. The largest absolute Gasteiger partial charge is 0.0922 e. The summed E-state index contributed by atoms with van der Waals surface area (Å²) < 4.78 is 0. The molecular weight excluding hydrogens is 256 g/mol. The van der Waals surface area contributed by atoms with E-state index in [-0.39, 0.29) is 0 Å². The van der Waals surface area contributed by atoms with Crippen molar-refractivity contribution in [3.63, 3.8) is 0 Å². The lowest BCUT2D eigenvalue weighted by Crippen LogP contribution is -2.30. The van der Waals surface area contributed by atoms with Gasteiger partial charge in [0.15, 0.2) is 0 Å². The summed E-state index contributed by atoms with van der Waals surface area (Å²) in [4.78, 5) is 0. The third-order valence-electron chi connectivity index (χ3n) is 2.46. The minimum atomic E-state index is 0.458. The predicted octanol–water partition coefficient (Wildman–Crippen LogP) is 3.83. The Kier molecular flexibility index (Phi) is 5.22. The van der Waals surface area contributed by atoms with Crippen molar-refractivity contribution >= 4 is 31.9 Å². The van der Waals surface area contributed by atoms with Crippen LogP contribution in [0.3, 0.4) is 0 Å². The van der Waals surface area contributed by atoms with Crippen molar-refractivity contribution in [2.75, 3.05) is 10.7 Å². The number of rotatable bonds is 4. The second-order valence-corrected chi connectivity index (χ2v) is 4.26. The maximum atomic E-state index is 3.56. The molecule has 0 saturated heterocycles. The lowest BCUT2D eigenvalue weighted by molar-refractivity contribution is 0.259. The van der Waals surface area contributed by atoms with Crippen LogP contribution in [0, 0.1) is 11.3 Å². The van der Waals surface area contributed by atoms with Crippen LogP contribution in [-0.4, -0.2) is 10.7 Å². The molecule has 0 aromatic heterocycles. The van der Waals surface area contributed by atoms with E-state index in [0.29, 0.717) is 5.41 Å². The van der Waals surface area contributed by atoms with Gasteiger partial charge in [-0.3, -0.25) is 0 Å². The highest BCUT2D eigenvalue weighted by Gasteiger charge is 2.29. The lowest BCUT2D eigenvalue weighted by Gasteiger charge is -2.32. The molecule has 10 heavy (non-hydrogen) atoms. The van der Waals surface area contributed by atoms with E-state index in [4.69, 9.17) is 0 Å². The number of hydrogen-bond acceptors (Lipinski definition) is 0. The van der Waals surface area contributed by atoms with Crippen molar-refractivity contribution < 1.29 is 0 Å². The van der Waals surface area contributed by atoms with E-state index in [0.717, 1.165) is 16.6 Å². The molecule has 0 aromatic rings. The summed E-state index contributed by atoms with van der Waals surface area (Å²) in [5, 5.41) is 2.19. The zero-order valence-electron chi connectivity index (χ0n) is 6.95. The first-order valence-electron chi connectivity index (χ1n) is 3.75. The minimum Gasteiger partial charge on any atom is -0.0922 e. The topological polar surface area (TPSA) is 0 Å². The smallest absolute Gasteiger partial charge is 0.00983 e. The van der Waals surface area contributed by atoms with Gasteiger partial charge in [0.1, 0.15) is 0 Å². The molecule has 0 aliphatic carbocycles. The Hall–Kier alpha value is 0.960. The first-order valence-corrected chi connectivity index (χ1v) is 5.99. The van der Waals surface area contributed by atoms with E-state index >= 15 is 0 Å². The standard InChI is InChI=1S/C8H16Br2/c1-4-8(5-9,6-10)7(2)3/h7H,4-6H2,1-3H3. The summed E-state index contributed by atoms with van der Waals surface area (Å²) in [5.41, 5.74) is 0.458. The summed E-state index contributed by atoms with van der Waals surface area (Å²) in [6.07, 6.45) is 1.24. The average molecular weight is 272 g/mol. The number of alkyl halides is 2. The summed E-state index contributed by atoms with van der Waals surface area (Å²) in [6, 6.07) is 0. The quantitative estimate of drug-likeness (QED) is 0.682. The van der Waals surface area contributed by atoms with Crippen LogP contribution in [0.15, 0.2) is 0 Å². The van der Waals surface area contributed by atoms with Gasteiger partial charge in [-0.15, -0.1) is 0 Å². The van der Waals surface area contributed by atoms with Gasteiger partial charge in [0.05, 0.1) is 0 Å². The van der Waals surface area contributed by atoms with Crippen LogP contribution < -0.4 is 0 Å². The summed E-state index contributed by atoms with van der Waals surface area (Å²) >= 11 is 7.13. The zero-order valence-corrected chi connectivity index (χ0v) is 10.1. The van der Waals surface area contributed by atoms with E-state index in [1.54, 1.807) is 0 Å². The zero-order chi connectivity index (χ0) is 8.20. The Bertz CT molecular complexity index is 77.0. The first-order chi connectivity index (χ1) is 4.63. The molecule has 0 heterocycles. The predicted molar refractivity (Wildman–Crippen MR) is 55.2 cm³/mol. The molecule has 0 saturated carbocycles. The second kappa shape index (κ2) is 4.76. The molecule has 0 atom stereocenters. The molecule has 0 bridgehead atoms. The monoisotopic (exact) mass is 270 g/mol. The van der Waals surface area contributed by atoms with Gasteiger partial charge in [0.25, 0.3) is 0 Å². The average Bonchev–Trinajstić information content (AvgIpc) is 1.92. The van der Waals surface area contributed by atoms with Gasteiger partial charge < -0.3 is 0 Å². The normalized spacial score (nSPS) is 12.6. The lowest BCUT2D eigenvalue weighted by atomic mass is 9.79. The molecule has 62 valence electrons. The maximum absolute atomic E-state index is 3.56. The molecule has 0 amide bonds. The van der Waals surface area contributed by atoms with Crippen molar-refractivity contribution in [3.8, 4) is 0 Å². The molecule has 0 aliphatic heterocycles. The summed E-state index contributed by atoms with van der Waals surface area (Å²) in [7, 11) is 0. The SMILES string of the molecule is CCC(CBr)(CBr)C(C)C. The molecule has 0 unspecified atom stereocenters. The molecule has 0 spiro atoms. The Morgan fingerprint density at radius 2 is 1.60 bits per heavy atom. The van der Waals surface area contributed by atoms with Crippen LogP contribution in [0.5, 0.6) is 0 Å². The molecular formula is C8H16Br2. The van der Waals surface area contributed by atoms with Crippen LogP contribution in [0.4, 0.5) is 0 Å². The Labute approximate surface area is 81.0 Å².